The standard InChI is InChI=1S/C31H32N2O6/c1-21-20-33(29(36)32-27(21)35)28-31(38,19-24-15-9-4-10-16-24)30(37,18-23-13-7-3-8-14-23)26(39-28)25(34)17-22-11-5-2-6-12-22/h2-16,20,25-26,28,34,37-38H,17-19H2,1H3,(H,32,35,36)/t25?,26-,28-,30-,31-/m1/s1. The summed E-state index contributed by atoms with van der Waals surface area (Å²) >= 11 is 0. The Bertz CT molecular complexity index is 1520. The van der Waals surface area contributed by atoms with Crippen LogP contribution in [0.4, 0.5) is 0 Å². The van der Waals surface area contributed by atoms with Crippen molar-refractivity contribution in [1.29, 1.82) is 0 Å². The molecule has 1 saturated heterocycles. The highest BCUT2D eigenvalue weighted by atomic mass is 16.6. The molecule has 202 valence electrons. The summed E-state index contributed by atoms with van der Waals surface area (Å²) < 4.78 is 7.43. The monoisotopic (exact) mass is 528 g/mol. The molecule has 2 heterocycles. The van der Waals surface area contributed by atoms with Gasteiger partial charge in [0.05, 0.1) is 6.10 Å². The number of nitrogens with one attached hydrogen (secondary N) is 1. The van der Waals surface area contributed by atoms with Gasteiger partial charge in [-0.1, -0.05) is 91.0 Å². The summed E-state index contributed by atoms with van der Waals surface area (Å²) in [4.78, 5) is 27.4. The highest BCUT2D eigenvalue weighted by Crippen LogP contribution is 2.50. The second-order valence-electron chi connectivity index (χ2n) is 10.3. The van der Waals surface area contributed by atoms with Crippen LogP contribution in [0.2, 0.25) is 0 Å². The molecule has 1 aliphatic rings. The van der Waals surface area contributed by atoms with Gasteiger partial charge < -0.3 is 20.1 Å². The van der Waals surface area contributed by atoms with Crippen molar-refractivity contribution in [3.05, 3.63) is 140 Å². The zero-order valence-corrected chi connectivity index (χ0v) is 21.6. The van der Waals surface area contributed by atoms with Gasteiger partial charge in [-0.15, -0.1) is 0 Å². The van der Waals surface area contributed by atoms with Crippen molar-refractivity contribution in [2.24, 2.45) is 0 Å². The Balaban J connectivity index is 1.67. The molecule has 8 heteroatoms. The van der Waals surface area contributed by atoms with Crippen molar-refractivity contribution in [1.82, 2.24) is 9.55 Å². The maximum atomic E-state index is 13.0. The third kappa shape index (κ3) is 5.12. The van der Waals surface area contributed by atoms with Crippen LogP contribution in [0.1, 0.15) is 28.5 Å². The lowest BCUT2D eigenvalue weighted by molar-refractivity contribution is -0.161. The lowest BCUT2D eigenvalue weighted by atomic mass is 9.71. The number of aromatic nitrogens is 2. The third-order valence-electron chi connectivity index (χ3n) is 7.57. The number of H-pyrrole nitrogens is 1. The Labute approximate surface area is 225 Å². The van der Waals surface area contributed by atoms with Crippen molar-refractivity contribution in [2.75, 3.05) is 0 Å². The maximum absolute atomic E-state index is 13.0. The first-order valence-electron chi connectivity index (χ1n) is 12.9. The molecule has 4 aromatic rings. The number of aliphatic hydroxyl groups excluding tert-OH is 1. The summed E-state index contributed by atoms with van der Waals surface area (Å²) in [6.07, 6.45) is -2.59. The van der Waals surface area contributed by atoms with Crippen LogP contribution in [0, 0.1) is 6.92 Å². The van der Waals surface area contributed by atoms with E-state index in [1.807, 2.05) is 91.0 Å². The minimum Gasteiger partial charge on any atom is -0.390 e. The zero-order chi connectivity index (χ0) is 27.6. The van der Waals surface area contributed by atoms with Gasteiger partial charge in [-0.3, -0.25) is 14.3 Å². The lowest BCUT2D eigenvalue weighted by Gasteiger charge is -2.42. The van der Waals surface area contributed by atoms with Crippen molar-refractivity contribution < 1.29 is 20.1 Å². The molecule has 5 atom stereocenters. The van der Waals surface area contributed by atoms with Gasteiger partial charge in [0, 0.05) is 31.0 Å². The SMILES string of the molecule is Cc1cn([C@@H]2O[C@H](C(O)Cc3ccccc3)[C@](O)(Cc3ccccc3)[C@@]2(O)Cc2ccccc2)c(=O)[nH]c1=O. The quantitative estimate of drug-likeness (QED) is 0.278. The van der Waals surface area contributed by atoms with E-state index in [-0.39, 0.29) is 24.8 Å². The molecule has 1 aliphatic heterocycles. The van der Waals surface area contributed by atoms with Crippen LogP contribution in [0.3, 0.4) is 0 Å². The first-order valence-corrected chi connectivity index (χ1v) is 12.9. The molecule has 1 aromatic heterocycles. The molecule has 1 fully saturated rings. The molecule has 0 spiro atoms. The summed E-state index contributed by atoms with van der Waals surface area (Å²) in [6.45, 7) is 1.54. The topological polar surface area (TPSA) is 125 Å². The van der Waals surface area contributed by atoms with Gasteiger partial charge in [0.15, 0.2) is 6.23 Å². The average molecular weight is 529 g/mol. The zero-order valence-electron chi connectivity index (χ0n) is 21.6. The first kappa shape index (κ1) is 26.8. The Hall–Kier alpha value is -3.82. The van der Waals surface area contributed by atoms with E-state index in [1.54, 1.807) is 0 Å². The van der Waals surface area contributed by atoms with E-state index in [1.165, 1.54) is 13.1 Å². The molecule has 0 amide bonds. The number of benzene rings is 3. The Morgan fingerprint density at radius 3 is 1.85 bits per heavy atom. The van der Waals surface area contributed by atoms with E-state index in [2.05, 4.69) is 4.98 Å². The van der Waals surface area contributed by atoms with E-state index in [0.29, 0.717) is 5.56 Å². The van der Waals surface area contributed by atoms with Crippen LogP contribution in [0.25, 0.3) is 0 Å². The number of ether oxygens (including phenoxy) is 1. The smallest absolute Gasteiger partial charge is 0.330 e. The highest BCUT2D eigenvalue weighted by molar-refractivity contribution is 5.29. The van der Waals surface area contributed by atoms with E-state index in [9.17, 15) is 24.9 Å². The molecule has 1 unspecified atom stereocenters. The minimum absolute atomic E-state index is 0.0543. The van der Waals surface area contributed by atoms with E-state index in [0.717, 1.165) is 15.7 Å². The van der Waals surface area contributed by atoms with Gasteiger partial charge in [-0.25, -0.2) is 4.79 Å². The number of hydrogen-bond donors (Lipinski definition) is 4. The second-order valence-corrected chi connectivity index (χ2v) is 10.3. The molecule has 8 nitrogen and oxygen atoms in total. The minimum atomic E-state index is -2.08. The van der Waals surface area contributed by atoms with Crippen LogP contribution in [-0.2, 0) is 24.0 Å². The molecule has 4 N–H and O–H groups in total. The second kappa shape index (κ2) is 10.7. The molecule has 39 heavy (non-hydrogen) atoms. The first-order chi connectivity index (χ1) is 18.7. The van der Waals surface area contributed by atoms with Crippen LogP contribution in [0.15, 0.2) is 107 Å². The molecule has 0 aliphatic carbocycles. The van der Waals surface area contributed by atoms with Crippen LogP contribution in [-0.4, -0.2) is 48.3 Å². The van der Waals surface area contributed by atoms with Crippen molar-refractivity contribution in [3.8, 4) is 0 Å². The fourth-order valence-corrected chi connectivity index (χ4v) is 5.56. The predicted octanol–water partition coefficient (Wildman–Crippen LogP) is 2.29. The summed E-state index contributed by atoms with van der Waals surface area (Å²) in [7, 11) is 0. The molecule has 0 bridgehead atoms. The summed E-state index contributed by atoms with van der Waals surface area (Å²) in [5.41, 5.74) is -2.98. The predicted molar refractivity (Wildman–Crippen MR) is 146 cm³/mol. The van der Waals surface area contributed by atoms with Crippen LogP contribution < -0.4 is 11.2 Å². The summed E-state index contributed by atoms with van der Waals surface area (Å²) in [6, 6.07) is 27.5. The molecule has 0 radical (unpaired) electrons. The average Bonchev–Trinajstić information content (AvgIpc) is 3.14. The van der Waals surface area contributed by atoms with Crippen LogP contribution >= 0.6 is 0 Å². The third-order valence-corrected chi connectivity index (χ3v) is 7.57. The normalized spacial score (nSPS) is 25.4. The number of nitrogens with zero attached hydrogens (tertiary/aromatic N) is 1. The van der Waals surface area contributed by atoms with Crippen LogP contribution in [0.5, 0.6) is 0 Å². The van der Waals surface area contributed by atoms with Gasteiger partial charge in [0.2, 0.25) is 0 Å². The fraction of sp³-hybridized carbons (Fsp3) is 0.290. The largest absolute Gasteiger partial charge is 0.390 e. The van der Waals surface area contributed by atoms with Gasteiger partial charge in [0.25, 0.3) is 5.56 Å². The fourth-order valence-electron chi connectivity index (χ4n) is 5.56. The molecular weight excluding hydrogens is 496 g/mol. The van der Waals surface area contributed by atoms with Crippen molar-refractivity contribution in [3.63, 3.8) is 0 Å². The molecule has 3 aromatic carbocycles. The van der Waals surface area contributed by atoms with Gasteiger partial charge in [-0.05, 0) is 23.6 Å². The van der Waals surface area contributed by atoms with E-state index < -0.39 is 40.9 Å². The number of aromatic amines is 1. The molecule has 0 saturated carbocycles. The maximum Gasteiger partial charge on any atom is 0.330 e. The number of aliphatic hydroxyl groups is 3. The summed E-state index contributed by atoms with van der Waals surface area (Å²) in [5.74, 6) is 0. The number of hydrogen-bond acceptors (Lipinski definition) is 6. The van der Waals surface area contributed by atoms with Gasteiger partial charge in [0.1, 0.15) is 17.3 Å². The van der Waals surface area contributed by atoms with Gasteiger partial charge >= 0.3 is 5.69 Å². The van der Waals surface area contributed by atoms with Gasteiger partial charge in [-0.2, -0.15) is 0 Å². The Morgan fingerprint density at radius 2 is 1.31 bits per heavy atom. The van der Waals surface area contributed by atoms with E-state index in [4.69, 9.17) is 4.74 Å². The Morgan fingerprint density at radius 1 is 0.821 bits per heavy atom. The van der Waals surface area contributed by atoms with Crippen molar-refractivity contribution in [2.45, 2.75) is 55.8 Å². The highest BCUT2D eigenvalue weighted by Gasteiger charge is 2.67. The lowest BCUT2D eigenvalue weighted by Crippen LogP contribution is -2.63. The molecular formula is C31H32N2O6. The number of aryl methyl sites for hydroxylation is 1. The summed E-state index contributed by atoms with van der Waals surface area (Å²) in [5, 5.41) is 36.6. The Kier molecular flexibility index (Phi) is 7.38. The number of rotatable bonds is 8. The van der Waals surface area contributed by atoms with Crippen molar-refractivity contribution >= 4 is 0 Å². The molecule has 5 rings (SSSR count). The van der Waals surface area contributed by atoms with E-state index >= 15 is 0 Å².